The van der Waals surface area contributed by atoms with Crippen molar-refractivity contribution in [1.29, 1.82) is 0 Å². The Bertz CT molecular complexity index is 383. The van der Waals surface area contributed by atoms with Crippen molar-refractivity contribution in [3.8, 4) is 5.75 Å². The molecule has 0 amide bonds. The van der Waals surface area contributed by atoms with E-state index in [2.05, 4.69) is 31.2 Å². The van der Waals surface area contributed by atoms with Crippen LogP contribution in [-0.2, 0) is 11.2 Å². The molecule has 0 spiro atoms. The lowest BCUT2D eigenvalue weighted by molar-refractivity contribution is -0.106. The average Bonchev–Trinajstić information content (AvgIpc) is 2.53. The third kappa shape index (κ3) is 6.09. The molecule has 1 aliphatic heterocycles. The van der Waals surface area contributed by atoms with Crippen molar-refractivity contribution in [1.82, 2.24) is 0 Å². The van der Waals surface area contributed by atoms with Crippen molar-refractivity contribution in [2.75, 3.05) is 6.61 Å². The highest BCUT2D eigenvalue weighted by Gasteiger charge is 2.16. The van der Waals surface area contributed by atoms with Gasteiger partial charge in [0.05, 0.1) is 6.61 Å². The van der Waals surface area contributed by atoms with Crippen LogP contribution >= 0.6 is 0 Å². The van der Waals surface area contributed by atoms with E-state index in [4.69, 9.17) is 9.47 Å². The molecule has 1 fully saturated rings. The van der Waals surface area contributed by atoms with Gasteiger partial charge in [0.1, 0.15) is 5.75 Å². The van der Waals surface area contributed by atoms with Gasteiger partial charge in [-0.25, -0.2) is 0 Å². The van der Waals surface area contributed by atoms with Crippen LogP contribution in [0.5, 0.6) is 5.75 Å². The molecule has 0 saturated carbocycles. The van der Waals surface area contributed by atoms with Gasteiger partial charge in [0.15, 0.2) is 6.29 Å². The number of unbranched alkanes of at least 4 members (excludes halogenated alkanes) is 5. The smallest absolute Gasteiger partial charge is 0.199 e. The van der Waals surface area contributed by atoms with Crippen LogP contribution in [0.25, 0.3) is 0 Å². The first kappa shape index (κ1) is 16.4. The summed E-state index contributed by atoms with van der Waals surface area (Å²) in [6, 6.07) is 8.46. The molecule has 2 rings (SSSR count). The van der Waals surface area contributed by atoms with E-state index in [1.54, 1.807) is 0 Å². The van der Waals surface area contributed by atoms with E-state index in [9.17, 15) is 0 Å². The number of ether oxygens (including phenoxy) is 2. The van der Waals surface area contributed by atoms with Crippen LogP contribution in [0.4, 0.5) is 0 Å². The molecule has 0 radical (unpaired) electrons. The monoisotopic (exact) mass is 290 g/mol. The van der Waals surface area contributed by atoms with Crippen LogP contribution in [0, 0.1) is 0 Å². The van der Waals surface area contributed by atoms with Gasteiger partial charge < -0.3 is 9.47 Å². The van der Waals surface area contributed by atoms with Crippen molar-refractivity contribution in [2.24, 2.45) is 0 Å². The Morgan fingerprint density at radius 1 is 1.05 bits per heavy atom. The van der Waals surface area contributed by atoms with Crippen LogP contribution < -0.4 is 4.74 Å². The maximum Gasteiger partial charge on any atom is 0.199 e. The number of rotatable bonds is 9. The SMILES string of the molecule is CCCCCCCCc1ccccc1OC1CCCCO1. The van der Waals surface area contributed by atoms with E-state index < -0.39 is 0 Å². The minimum Gasteiger partial charge on any atom is -0.465 e. The van der Waals surface area contributed by atoms with Crippen molar-refractivity contribution >= 4 is 0 Å². The molecule has 1 aliphatic rings. The summed E-state index contributed by atoms with van der Waals surface area (Å²) in [4.78, 5) is 0. The first-order chi connectivity index (χ1) is 10.4. The van der Waals surface area contributed by atoms with Gasteiger partial charge >= 0.3 is 0 Å². The zero-order valence-corrected chi connectivity index (χ0v) is 13.5. The largest absolute Gasteiger partial charge is 0.465 e. The first-order valence-corrected chi connectivity index (χ1v) is 8.76. The second-order valence-electron chi connectivity index (χ2n) is 6.04. The number of hydrogen-bond donors (Lipinski definition) is 0. The van der Waals surface area contributed by atoms with Crippen molar-refractivity contribution in [3.63, 3.8) is 0 Å². The summed E-state index contributed by atoms with van der Waals surface area (Å²) < 4.78 is 11.7. The molecule has 1 saturated heterocycles. The predicted octanol–water partition coefficient (Wildman–Crippen LogP) is 5.50. The van der Waals surface area contributed by atoms with E-state index in [0.717, 1.165) is 25.2 Å². The molecule has 1 unspecified atom stereocenters. The molecular formula is C19H30O2. The van der Waals surface area contributed by atoms with Crippen molar-refractivity contribution < 1.29 is 9.47 Å². The molecule has 0 bridgehead atoms. The lowest BCUT2D eigenvalue weighted by atomic mass is 10.0. The summed E-state index contributed by atoms with van der Waals surface area (Å²) in [5, 5.41) is 0. The molecule has 21 heavy (non-hydrogen) atoms. The summed E-state index contributed by atoms with van der Waals surface area (Å²) >= 11 is 0. The van der Waals surface area contributed by atoms with Gasteiger partial charge in [-0.2, -0.15) is 0 Å². The molecule has 0 aromatic heterocycles. The first-order valence-electron chi connectivity index (χ1n) is 8.76. The van der Waals surface area contributed by atoms with Crippen LogP contribution in [0.15, 0.2) is 24.3 Å². The Morgan fingerprint density at radius 3 is 2.67 bits per heavy atom. The van der Waals surface area contributed by atoms with Crippen LogP contribution in [0.2, 0.25) is 0 Å². The Hall–Kier alpha value is -1.02. The predicted molar refractivity (Wildman–Crippen MR) is 87.7 cm³/mol. The normalized spacial score (nSPS) is 18.6. The molecule has 2 nitrogen and oxygen atoms in total. The zero-order chi connectivity index (χ0) is 14.8. The zero-order valence-electron chi connectivity index (χ0n) is 13.5. The summed E-state index contributed by atoms with van der Waals surface area (Å²) in [7, 11) is 0. The summed E-state index contributed by atoms with van der Waals surface area (Å²) in [5.74, 6) is 1.03. The summed E-state index contributed by atoms with van der Waals surface area (Å²) in [5.41, 5.74) is 1.34. The third-order valence-corrected chi connectivity index (χ3v) is 4.17. The van der Waals surface area contributed by atoms with Crippen molar-refractivity contribution in [2.45, 2.75) is 77.4 Å². The highest BCUT2D eigenvalue weighted by Crippen LogP contribution is 2.24. The van der Waals surface area contributed by atoms with Crippen molar-refractivity contribution in [3.05, 3.63) is 29.8 Å². The number of benzene rings is 1. The van der Waals surface area contributed by atoms with E-state index in [-0.39, 0.29) is 6.29 Å². The fourth-order valence-corrected chi connectivity index (χ4v) is 2.87. The van der Waals surface area contributed by atoms with Crippen LogP contribution in [-0.4, -0.2) is 12.9 Å². The molecule has 1 aromatic carbocycles. The second kappa shape index (κ2) is 9.83. The van der Waals surface area contributed by atoms with Crippen LogP contribution in [0.1, 0.15) is 70.3 Å². The van der Waals surface area contributed by atoms with Gasteiger partial charge in [0.2, 0.25) is 0 Å². The Kier molecular flexibility index (Phi) is 7.66. The maximum atomic E-state index is 6.06. The fraction of sp³-hybridized carbons (Fsp3) is 0.684. The van der Waals surface area contributed by atoms with Gasteiger partial charge in [-0.1, -0.05) is 57.2 Å². The van der Waals surface area contributed by atoms with Gasteiger partial charge in [0, 0.05) is 6.42 Å². The quantitative estimate of drug-likeness (QED) is 0.559. The van der Waals surface area contributed by atoms with Gasteiger partial charge in [-0.05, 0) is 37.3 Å². The summed E-state index contributed by atoms with van der Waals surface area (Å²) in [6.07, 6.45) is 12.5. The highest BCUT2D eigenvalue weighted by molar-refractivity contribution is 5.33. The van der Waals surface area contributed by atoms with E-state index >= 15 is 0 Å². The van der Waals surface area contributed by atoms with Gasteiger partial charge in [0.25, 0.3) is 0 Å². The topological polar surface area (TPSA) is 18.5 Å². The molecule has 1 atom stereocenters. The van der Waals surface area contributed by atoms with Crippen LogP contribution in [0.3, 0.4) is 0 Å². The standard InChI is InChI=1S/C19H30O2/c1-2-3-4-5-6-7-12-17-13-8-9-14-18(17)21-19-15-10-11-16-20-19/h8-9,13-14,19H,2-7,10-12,15-16H2,1H3. The van der Waals surface area contributed by atoms with E-state index in [0.29, 0.717) is 0 Å². The number of para-hydroxylation sites is 1. The molecule has 0 aliphatic carbocycles. The van der Waals surface area contributed by atoms with Gasteiger partial charge in [-0.15, -0.1) is 0 Å². The fourth-order valence-electron chi connectivity index (χ4n) is 2.87. The van der Waals surface area contributed by atoms with E-state index in [1.807, 2.05) is 0 Å². The average molecular weight is 290 g/mol. The number of aryl methyl sites for hydroxylation is 1. The minimum atomic E-state index is -0.0375. The molecule has 1 heterocycles. The lowest BCUT2D eigenvalue weighted by Gasteiger charge is -2.24. The summed E-state index contributed by atoms with van der Waals surface area (Å²) in [6.45, 7) is 3.10. The van der Waals surface area contributed by atoms with Gasteiger partial charge in [-0.3, -0.25) is 0 Å². The molecule has 0 N–H and O–H groups in total. The highest BCUT2D eigenvalue weighted by atomic mass is 16.7. The second-order valence-corrected chi connectivity index (χ2v) is 6.04. The Morgan fingerprint density at radius 2 is 1.86 bits per heavy atom. The Balaban J connectivity index is 1.76. The molecule has 2 heteroatoms. The number of hydrogen-bond acceptors (Lipinski definition) is 2. The maximum absolute atomic E-state index is 6.06. The molecule has 118 valence electrons. The molecule has 1 aromatic rings. The Labute approximate surface area is 129 Å². The molecular weight excluding hydrogens is 260 g/mol. The third-order valence-electron chi connectivity index (χ3n) is 4.17. The van der Waals surface area contributed by atoms with E-state index in [1.165, 1.54) is 56.9 Å². The lowest BCUT2D eigenvalue weighted by Crippen LogP contribution is -2.25. The minimum absolute atomic E-state index is 0.0375.